The molecule has 0 radical (unpaired) electrons. The van der Waals surface area contributed by atoms with E-state index in [0.717, 1.165) is 4.31 Å². The van der Waals surface area contributed by atoms with Crippen molar-refractivity contribution in [1.29, 1.82) is 0 Å². The average molecular weight is 449 g/mol. The quantitative estimate of drug-likeness (QED) is 0.646. The summed E-state index contributed by atoms with van der Waals surface area (Å²) in [6, 6.07) is 7.24. The predicted molar refractivity (Wildman–Crippen MR) is 108 cm³/mol. The molecule has 0 aliphatic carbocycles. The van der Waals surface area contributed by atoms with Crippen molar-refractivity contribution in [3.05, 3.63) is 52.0 Å². The fourth-order valence-corrected chi connectivity index (χ4v) is 4.56. The van der Waals surface area contributed by atoms with Crippen LogP contribution in [0.15, 0.2) is 40.1 Å². The van der Waals surface area contributed by atoms with Gasteiger partial charge in [0.15, 0.2) is 0 Å². The second-order valence-corrected chi connectivity index (χ2v) is 9.68. The van der Waals surface area contributed by atoms with Crippen LogP contribution < -0.4 is 5.32 Å². The topological polar surface area (TPSA) is 66.5 Å². The molecule has 0 aliphatic heterocycles. The van der Waals surface area contributed by atoms with Crippen LogP contribution in [-0.4, -0.2) is 38.5 Å². The smallest absolute Gasteiger partial charge is 0.289 e. The number of carbonyl (C=O) groups excluding carboxylic acids is 1. The Bertz CT molecular complexity index is 1010. The zero-order valence-electron chi connectivity index (χ0n) is 15.6. The summed E-state index contributed by atoms with van der Waals surface area (Å²) >= 11 is 6.20. The monoisotopic (exact) mass is 448 g/mol. The Kier molecular flexibility index (Phi) is 7.08. The summed E-state index contributed by atoms with van der Waals surface area (Å²) < 4.78 is 51.8. The molecule has 1 amide bonds. The summed E-state index contributed by atoms with van der Waals surface area (Å²) in [5, 5.41) is 2.62. The lowest BCUT2D eigenvalue weighted by molar-refractivity contribution is 0.102. The van der Waals surface area contributed by atoms with E-state index < -0.39 is 21.7 Å². The Morgan fingerprint density at radius 2 is 1.86 bits per heavy atom. The average Bonchev–Trinajstić information content (AvgIpc) is 2.59. The van der Waals surface area contributed by atoms with Crippen molar-refractivity contribution in [2.24, 2.45) is 0 Å². The summed E-state index contributed by atoms with van der Waals surface area (Å²) in [5.74, 6) is -3.34. The number of nitrogens with zero attached hydrogens (tertiary/aromatic N) is 1. The second kappa shape index (κ2) is 8.77. The van der Waals surface area contributed by atoms with Gasteiger partial charge in [0, 0.05) is 19.7 Å². The molecule has 0 spiro atoms. The van der Waals surface area contributed by atoms with Crippen LogP contribution in [0.1, 0.15) is 21.5 Å². The summed E-state index contributed by atoms with van der Waals surface area (Å²) in [6.07, 6.45) is 0. The van der Waals surface area contributed by atoms with Crippen molar-refractivity contribution in [2.75, 3.05) is 19.4 Å². The number of hydrogen-bond donors (Lipinski definition) is 1. The minimum atomic E-state index is -3.76. The number of sulfonamides is 1. The maximum atomic E-state index is 12.8. The zero-order valence-corrected chi connectivity index (χ0v) is 18.0. The lowest BCUT2D eigenvalue weighted by atomic mass is 10.1. The molecule has 0 aromatic heterocycles. The number of alkyl halides is 2. The Morgan fingerprint density at radius 3 is 2.43 bits per heavy atom. The molecular weight excluding hydrogens is 430 g/mol. The minimum absolute atomic E-state index is 0.0101. The zero-order chi connectivity index (χ0) is 21.2. The SMILES string of the molecule is Cc1cc(C(=O)Nc2cccc(Cl)c2SC(F)F)cc(S(=O)(=O)N(C)C)c1C. The number of amides is 1. The van der Waals surface area contributed by atoms with Crippen molar-refractivity contribution >= 4 is 45.0 Å². The highest BCUT2D eigenvalue weighted by molar-refractivity contribution is 7.99. The minimum Gasteiger partial charge on any atom is -0.321 e. The number of halogens is 3. The molecule has 2 rings (SSSR count). The number of thioether (sulfide) groups is 1. The van der Waals surface area contributed by atoms with Gasteiger partial charge in [-0.1, -0.05) is 29.4 Å². The van der Waals surface area contributed by atoms with Gasteiger partial charge < -0.3 is 5.32 Å². The van der Waals surface area contributed by atoms with E-state index in [1.54, 1.807) is 19.9 Å². The van der Waals surface area contributed by atoms with Gasteiger partial charge in [-0.25, -0.2) is 12.7 Å². The second-order valence-electron chi connectivity index (χ2n) is 6.15. The molecule has 0 fully saturated rings. The Balaban J connectivity index is 2.47. The fourth-order valence-electron chi connectivity index (χ4n) is 2.43. The summed E-state index contributed by atoms with van der Waals surface area (Å²) in [7, 11) is -0.962. The number of rotatable bonds is 6. The summed E-state index contributed by atoms with van der Waals surface area (Å²) in [5.41, 5.74) is 1.36. The van der Waals surface area contributed by atoms with E-state index in [0.29, 0.717) is 11.1 Å². The number of carbonyl (C=O) groups is 1. The van der Waals surface area contributed by atoms with Crippen molar-refractivity contribution in [3.8, 4) is 0 Å². The third kappa shape index (κ3) is 4.83. The van der Waals surface area contributed by atoms with Crippen molar-refractivity contribution in [3.63, 3.8) is 0 Å². The molecule has 152 valence electrons. The third-order valence-electron chi connectivity index (χ3n) is 4.06. The highest BCUT2D eigenvalue weighted by atomic mass is 35.5. The first-order chi connectivity index (χ1) is 12.9. The van der Waals surface area contributed by atoms with E-state index >= 15 is 0 Å². The van der Waals surface area contributed by atoms with Crippen molar-refractivity contribution in [1.82, 2.24) is 4.31 Å². The summed E-state index contributed by atoms with van der Waals surface area (Å²) in [6.45, 7) is 3.35. The van der Waals surface area contributed by atoms with Crippen molar-refractivity contribution in [2.45, 2.75) is 29.4 Å². The molecule has 0 unspecified atom stereocenters. The normalized spacial score (nSPS) is 11.9. The van der Waals surface area contributed by atoms with Gasteiger partial charge in [0.2, 0.25) is 10.0 Å². The molecular formula is C18H19ClF2N2O3S2. The molecule has 1 N–H and O–H groups in total. The largest absolute Gasteiger partial charge is 0.321 e. The number of benzene rings is 2. The fraction of sp³-hybridized carbons (Fsp3) is 0.278. The van der Waals surface area contributed by atoms with Gasteiger partial charge in [0.1, 0.15) is 0 Å². The van der Waals surface area contributed by atoms with Crippen LogP contribution in [0, 0.1) is 13.8 Å². The first-order valence-corrected chi connectivity index (χ1v) is 10.7. The third-order valence-corrected chi connectivity index (χ3v) is 7.28. The first kappa shape index (κ1) is 22.6. The summed E-state index contributed by atoms with van der Waals surface area (Å²) in [4.78, 5) is 12.8. The van der Waals surface area contributed by atoms with E-state index in [4.69, 9.17) is 11.6 Å². The Hall–Kier alpha value is -1.68. The Labute approximate surface area is 172 Å². The van der Waals surface area contributed by atoms with Crippen LogP contribution in [-0.2, 0) is 10.0 Å². The molecule has 2 aromatic rings. The molecule has 5 nitrogen and oxygen atoms in total. The molecule has 0 heterocycles. The Morgan fingerprint density at radius 1 is 1.21 bits per heavy atom. The van der Waals surface area contributed by atoms with Crippen molar-refractivity contribution < 1.29 is 22.0 Å². The lowest BCUT2D eigenvalue weighted by Gasteiger charge is -2.17. The molecule has 0 saturated carbocycles. The van der Waals surface area contributed by atoms with E-state index in [9.17, 15) is 22.0 Å². The van der Waals surface area contributed by atoms with Gasteiger partial charge in [-0.05, 0) is 49.2 Å². The standard InChI is InChI=1S/C18H19ClF2N2O3S2/c1-10-8-12(9-15(11(10)2)28(25,26)23(3)4)17(24)22-14-7-5-6-13(19)16(14)27-18(20)21/h5-9,18H,1-4H3,(H,22,24). The van der Waals surface area contributed by atoms with Gasteiger partial charge in [0.05, 0.1) is 20.5 Å². The molecule has 0 atom stereocenters. The van der Waals surface area contributed by atoms with Gasteiger partial charge in [-0.2, -0.15) is 8.78 Å². The first-order valence-electron chi connectivity index (χ1n) is 8.03. The van der Waals surface area contributed by atoms with Gasteiger partial charge in [-0.3, -0.25) is 4.79 Å². The van der Waals surface area contributed by atoms with Gasteiger partial charge in [0.25, 0.3) is 11.7 Å². The number of anilines is 1. The van der Waals surface area contributed by atoms with Crippen LogP contribution in [0.25, 0.3) is 0 Å². The van der Waals surface area contributed by atoms with E-state index in [-0.39, 0.29) is 37.8 Å². The molecule has 0 saturated heterocycles. The molecule has 2 aromatic carbocycles. The maximum absolute atomic E-state index is 12.8. The highest BCUT2D eigenvalue weighted by Crippen LogP contribution is 2.38. The van der Waals surface area contributed by atoms with E-state index in [2.05, 4.69) is 5.32 Å². The molecule has 0 bridgehead atoms. The van der Waals surface area contributed by atoms with Crippen LogP contribution in [0.5, 0.6) is 0 Å². The highest BCUT2D eigenvalue weighted by Gasteiger charge is 2.23. The number of nitrogens with one attached hydrogen (secondary N) is 1. The predicted octanol–water partition coefficient (Wildman–Crippen LogP) is 4.77. The van der Waals surface area contributed by atoms with Crippen LogP contribution >= 0.6 is 23.4 Å². The maximum Gasteiger partial charge on any atom is 0.289 e. The number of hydrogen-bond acceptors (Lipinski definition) is 4. The van der Waals surface area contributed by atoms with Crippen LogP contribution in [0.3, 0.4) is 0 Å². The van der Waals surface area contributed by atoms with Crippen LogP contribution in [0.4, 0.5) is 14.5 Å². The van der Waals surface area contributed by atoms with Gasteiger partial charge >= 0.3 is 0 Å². The lowest BCUT2D eigenvalue weighted by Crippen LogP contribution is -2.24. The number of aryl methyl sites for hydroxylation is 1. The van der Waals surface area contributed by atoms with E-state index in [1.165, 1.54) is 38.4 Å². The molecule has 10 heteroatoms. The molecule has 0 aliphatic rings. The van der Waals surface area contributed by atoms with Crippen LogP contribution in [0.2, 0.25) is 5.02 Å². The van der Waals surface area contributed by atoms with E-state index in [1.807, 2.05) is 0 Å². The molecule has 28 heavy (non-hydrogen) atoms. The van der Waals surface area contributed by atoms with Gasteiger partial charge in [-0.15, -0.1) is 0 Å².